The van der Waals surface area contributed by atoms with Crippen LogP contribution in [0.5, 0.6) is 0 Å². The minimum Gasteiger partial charge on any atom is -0.324 e. The highest BCUT2D eigenvalue weighted by Crippen LogP contribution is 2.17. The highest BCUT2D eigenvalue weighted by atomic mass is 35.5. The van der Waals surface area contributed by atoms with Crippen molar-refractivity contribution in [2.75, 3.05) is 0 Å². The molecule has 1 nitrogen and oxygen atoms in total. The molecule has 1 aromatic carbocycles. The summed E-state index contributed by atoms with van der Waals surface area (Å²) >= 11 is 0. The van der Waals surface area contributed by atoms with E-state index in [-0.39, 0.29) is 18.4 Å². The molecule has 0 aromatic heterocycles. The quantitative estimate of drug-likeness (QED) is 0.701. The number of halogens is 1. The molecule has 0 heterocycles. The van der Waals surface area contributed by atoms with Crippen LogP contribution < -0.4 is 5.73 Å². The highest BCUT2D eigenvalue weighted by molar-refractivity contribution is 5.85. The smallest absolute Gasteiger partial charge is 0.0294 e. The normalized spacial score (nSPS) is 11.9. The fourth-order valence-corrected chi connectivity index (χ4v) is 1.83. The zero-order valence-corrected chi connectivity index (χ0v) is 11.0. The predicted octanol–water partition coefficient (Wildman–Crippen LogP) is 4.47. The van der Waals surface area contributed by atoms with Crippen molar-refractivity contribution < 1.29 is 0 Å². The summed E-state index contributed by atoms with van der Waals surface area (Å²) in [4.78, 5) is 0. The molecular weight excluding hydrogens is 218 g/mol. The fourth-order valence-electron chi connectivity index (χ4n) is 1.83. The van der Waals surface area contributed by atoms with Crippen LogP contribution in [0, 0.1) is 0 Å². The van der Waals surface area contributed by atoms with E-state index in [2.05, 4.69) is 31.2 Å². The van der Waals surface area contributed by atoms with Gasteiger partial charge in [-0.25, -0.2) is 0 Å². The van der Waals surface area contributed by atoms with E-state index in [1.807, 2.05) is 6.07 Å². The van der Waals surface area contributed by atoms with Crippen LogP contribution in [0.1, 0.15) is 57.1 Å². The molecule has 0 spiro atoms. The molecule has 0 saturated carbocycles. The maximum Gasteiger partial charge on any atom is 0.0294 e. The highest BCUT2D eigenvalue weighted by Gasteiger charge is 2.03. The first kappa shape index (κ1) is 15.5. The third-order valence-corrected chi connectivity index (χ3v) is 2.85. The average Bonchev–Trinajstić information content (AvgIpc) is 2.30. The van der Waals surface area contributed by atoms with Crippen molar-refractivity contribution in [1.29, 1.82) is 0 Å². The molecule has 0 fully saturated rings. The second-order valence-corrected chi connectivity index (χ2v) is 4.22. The number of rotatable bonds is 7. The molecule has 0 saturated heterocycles. The zero-order valence-electron chi connectivity index (χ0n) is 10.2. The molecule has 0 radical (unpaired) electrons. The van der Waals surface area contributed by atoms with Gasteiger partial charge >= 0.3 is 0 Å². The molecule has 0 aliphatic carbocycles. The Morgan fingerprint density at radius 1 is 1.00 bits per heavy atom. The number of benzene rings is 1. The molecule has 2 heteroatoms. The Hall–Kier alpha value is -0.530. The molecule has 0 aliphatic heterocycles. The molecule has 2 N–H and O–H groups in total. The van der Waals surface area contributed by atoms with Crippen molar-refractivity contribution >= 4 is 12.4 Å². The van der Waals surface area contributed by atoms with E-state index in [0.29, 0.717) is 0 Å². The van der Waals surface area contributed by atoms with E-state index in [0.717, 1.165) is 6.42 Å². The fraction of sp³-hybridized carbons (Fsp3) is 0.571. The number of hydrogen-bond acceptors (Lipinski definition) is 1. The average molecular weight is 242 g/mol. The van der Waals surface area contributed by atoms with Crippen LogP contribution in [0.15, 0.2) is 30.3 Å². The van der Waals surface area contributed by atoms with Gasteiger partial charge in [0, 0.05) is 6.04 Å². The van der Waals surface area contributed by atoms with Crippen molar-refractivity contribution in [3.63, 3.8) is 0 Å². The van der Waals surface area contributed by atoms with Gasteiger partial charge in [0.1, 0.15) is 0 Å². The van der Waals surface area contributed by atoms with Gasteiger partial charge in [-0.15, -0.1) is 12.4 Å². The van der Waals surface area contributed by atoms with E-state index in [4.69, 9.17) is 5.73 Å². The summed E-state index contributed by atoms with van der Waals surface area (Å²) in [6.45, 7) is 2.25. The Labute approximate surface area is 106 Å². The van der Waals surface area contributed by atoms with E-state index in [1.54, 1.807) is 0 Å². The molecule has 0 aliphatic rings. The van der Waals surface area contributed by atoms with Crippen LogP contribution in [0.2, 0.25) is 0 Å². The summed E-state index contributed by atoms with van der Waals surface area (Å²) in [5.74, 6) is 0. The summed E-state index contributed by atoms with van der Waals surface area (Å²) in [5.41, 5.74) is 7.38. The van der Waals surface area contributed by atoms with Crippen molar-refractivity contribution in [3.05, 3.63) is 35.9 Å². The van der Waals surface area contributed by atoms with E-state index in [1.165, 1.54) is 37.7 Å². The lowest BCUT2D eigenvalue weighted by atomic mass is 10.0. The van der Waals surface area contributed by atoms with Gasteiger partial charge in [0.2, 0.25) is 0 Å². The van der Waals surface area contributed by atoms with Gasteiger partial charge in [-0.3, -0.25) is 0 Å². The monoisotopic (exact) mass is 241 g/mol. The second-order valence-electron chi connectivity index (χ2n) is 4.22. The Kier molecular flexibility index (Phi) is 9.36. The Bertz CT molecular complexity index is 248. The summed E-state index contributed by atoms with van der Waals surface area (Å²) < 4.78 is 0. The maximum atomic E-state index is 6.11. The van der Waals surface area contributed by atoms with E-state index < -0.39 is 0 Å². The third-order valence-electron chi connectivity index (χ3n) is 2.85. The van der Waals surface area contributed by atoms with Crippen LogP contribution in [0.3, 0.4) is 0 Å². The number of nitrogens with two attached hydrogens (primary N) is 1. The standard InChI is InChI=1S/C14H23N.ClH/c1-2-3-4-5-9-12-14(15)13-10-7-6-8-11-13;/h6-8,10-11,14H,2-5,9,12,15H2,1H3;1H. The largest absolute Gasteiger partial charge is 0.324 e. The van der Waals surface area contributed by atoms with E-state index in [9.17, 15) is 0 Å². The first-order valence-corrected chi connectivity index (χ1v) is 6.15. The summed E-state index contributed by atoms with van der Waals surface area (Å²) in [6.07, 6.45) is 7.74. The van der Waals surface area contributed by atoms with Gasteiger partial charge in [-0.1, -0.05) is 69.4 Å². The van der Waals surface area contributed by atoms with Crippen molar-refractivity contribution in [2.45, 2.75) is 51.5 Å². The Balaban J connectivity index is 0.00000225. The predicted molar refractivity (Wildman–Crippen MR) is 74.0 cm³/mol. The molecule has 92 valence electrons. The summed E-state index contributed by atoms with van der Waals surface area (Å²) in [5, 5.41) is 0. The van der Waals surface area contributed by atoms with Crippen LogP contribution in [0.4, 0.5) is 0 Å². The molecule has 0 bridgehead atoms. The Morgan fingerprint density at radius 3 is 2.25 bits per heavy atom. The first-order chi connectivity index (χ1) is 7.34. The lowest BCUT2D eigenvalue weighted by Gasteiger charge is -2.11. The maximum absolute atomic E-state index is 6.11. The minimum atomic E-state index is 0. The van der Waals surface area contributed by atoms with Crippen LogP contribution in [-0.4, -0.2) is 0 Å². The summed E-state index contributed by atoms with van der Waals surface area (Å²) in [7, 11) is 0. The molecule has 1 atom stereocenters. The lowest BCUT2D eigenvalue weighted by molar-refractivity contribution is 0.555. The lowest BCUT2D eigenvalue weighted by Crippen LogP contribution is -2.09. The first-order valence-electron chi connectivity index (χ1n) is 6.15. The van der Waals surface area contributed by atoms with Crippen LogP contribution in [-0.2, 0) is 0 Å². The van der Waals surface area contributed by atoms with Gasteiger partial charge in [-0.05, 0) is 12.0 Å². The number of unbranched alkanes of at least 4 members (excludes halogenated alkanes) is 4. The molecule has 1 unspecified atom stereocenters. The number of hydrogen-bond donors (Lipinski definition) is 1. The third kappa shape index (κ3) is 6.14. The molecular formula is C14H24ClN. The Morgan fingerprint density at radius 2 is 1.62 bits per heavy atom. The summed E-state index contributed by atoms with van der Waals surface area (Å²) in [6, 6.07) is 10.6. The van der Waals surface area contributed by atoms with Gasteiger partial charge in [0.05, 0.1) is 0 Å². The van der Waals surface area contributed by atoms with Gasteiger partial charge in [-0.2, -0.15) is 0 Å². The molecule has 0 amide bonds. The van der Waals surface area contributed by atoms with Crippen LogP contribution >= 0.6 is 12.4 Å². The van der Waals surface area contributed by atoms with Crippen molar-refractivity contribution in [1.82, 2.24) is 0 Å². The van der Waals surface area contributed by atoms with Gasteiger partial charge < -0.3 is 5.73 Å². The van der Waals surface area contributed by atoms with Crippen molar-refractivity contribution in [3.8, 4) is 0 Å². The second kappa shape index (κ2) is 9.68. The van der Waals surface area contributed by atoms with Gasteiger partial charge in [0.25, 0.3) is 0 Å². The topological polar surface area (TPSA) is 26.0 Å². The van der Waals surface area contributed by atoms with Gasteiger partial charge in [0.15, 0.2) is 0 Å². The van der Waals surface area contributed by atoms with Crippen molar-refractivity contribution in [2.24, 2.45) is 5.73 Å². The minimum absolute atomic E-state index is 0. The molecule has 1 aromatic rings. The molecule has 16 heavy (non-hydrogen) atoms. The zero-order chi connectivity index (χ0) is 10.9. The van der Waals surface area contributed by atoms with E-state index >= 15 is 0 Å². The molecule has 1 rings (SSSR count). The van der Waals surface area contributed by atoms with Crippen LogP contribution in [0.25, 0.3) is 0 Å². The SMILES string of the molecule is CCCCCCCC(N)c1ccccc1.Cl.